The van der Waals surface area contributed by atoms with Crippen molar-refractivity contribution in [1.29, 1.82) is 0 Å². The third-order valence-electron chi connectivity index (χ3n) is 3.24. The number of anilines is 1. The lowest BCUT2D eigenvalue weighted by molar-refractivity contribution is -0.384. The number of nitro benzene ring substituents is 1. The summed E-state index contributed by atoms with van der Waals surface area (Å²) in [5.41, 5.74) is 0.202. The molecule has 0 aromatic heterocycles. The number of nitrogens with zero attached hydrogens (tertiary/aromatic N) is 2. The van der Waals surface area contributed by atoms with E-state index in [4.69, 9.17) is 4.74 Å². The van der Waals surface area contributed by atoms with Gasteiger partial charge in [0.25, 0.3) is 11.6 Å². The zero-order chi connectivity index (χ0) is 17.6. The second kappa shape index (κ2) is 8.11. The lowest BCUT2D eigenvalue weighted by Gasteiger charge is -2.13. The Morgan fingerprint density at radius 2 is 2.04 bits per heavy atom. The summed E-state index contributed by atoms with van der Waals surface area (Å²) >= 11 is 0. The molecule has 0 unspecified atom stereocenters. The maximum absolute atomic E-state index is 11.9. The van der Waals surface area contributed by atoms with E-state index < -0.39 is 23.4 Å². The summed E-state index contributed by atoms with van der Waals surface area (Å²) < 4.78 is 4.88. The molecule has 8 nitrogen and oxygen atoms in total. The lowest BCUT2D eigenvalue weighted by atomic mass is 10.1. The van der Waals surface area contributed by atoms with Gasteiger partial charge in [-0.15, -0.1) is 0 Å². The van der Waals surface area contributed by atoms with E-state index in [2.05, 4.69) is 5.32 Å². The van der Waals surface area contributed by atoms with Crippen molar-refractivity contribution < 1.29 is 19.2 Å². The van der Waals surface area contributed by atoms with Gasteiger partial charge in [0, 0.05) is 26.2 Å². The molecule has 1 N–H and O–H groups in total. The minimum absolute atomic E-state index is 0.0123. The van der Waals surface area contributed by atoms with Crippen molar-refractivity contribution in [3.8, 4) is 0 Å². The molecule has 0 spiro atoms. The number of hydrogen-bond donors (Lipinski definition) is 1. The highest BCUT2D eigenvalue weighted by Crippen LogP contribution is 2.27. The molecule has 0 aliphatic rings. The maximum Gasteiger partial charge on any atom is 0.338 e. The van der Waals surface area contributed by atoms with Crippen LogP contribution in [0.1, 0.15) is 30.6 Å². The second-order valence-electron chi connectivity index (χ2n) is 5.31. The van der Waals surface area contributed by atoms with E-state index in [0.29, 0.717) is 5.69 Å². The van der Waals surface area contributed by atoms with Crippen LogP contribution in [0.15, 0.2) is 18.2 Å². The molecular formula is C15H21N3O5. The minimum atomic E-state index is -0.780. The molecule has 0 aliphatic heterocycles. The Morgan fingerprint density at radius 1 is 1.39 bits per heavy atom. The fourth-order valence-corrected chi connectivity index (χ4v) is 1.81. The normalized spacial score (nSPS) is 11.5. The van der Waals surface area contributed by atoms with Gasteiger partial charge in [0.05, 0.1) is 10.5 Å². The number of carbonyl (C=O) groups is 2. The van der Waals surface area contributed by atoms with E-state index >= 15 is 0 Å². The largest absolute Gasteiger partial charge is 0.452 e. The highest BCUT2D eigenvalue weighted by Gasteiger charge is 2.20. The number of ether oxygens (including phenoxy) is 1. The Labute approximate surface area is 134 Å². The van der Waals surface area contributed by atoms with Crippen molar-refractivity contribution in [3.63, 3.8) is 0 Å². The van der Waals surface area contributed by atoms with Crippen molar-refractivity contribution >= 4 is 23.3 Å². The van der Waals surface area contributed by atoms with Gasteiger partial charge in [0.1, 0.15) is 5.69 Å². The number of esters is 1. The number of nitro groups is 1. The van der Waals surface area contributed by atoms with E-state index in [1.54, 1.807) is 19.0 Å². The van der Waals surface area contributed by atoms with Crippen LogP contribution in [0.2, 0.25) is 0 Å². The van der Waals surface area contributed by atoms with Crippen molar-refractivity contribution in [2.75, 3.05) is 25.6 Å². The summed E-state index contributed by atoms with van der Waals surface area (Å²) in [6, 6.07) is 4.02. The van der Waals surface area contributed by atoms with Crippen molar-refractivity contribution in [3.05, 3.63) is 33.9 Å². The number of amides is 1. The topological polar surface area (TPSA) is 102 Å². The van der Waals surface area contributed by atoms with Crippen LogP contribution in [0.25, 0.3) is 0 Å². The Hall–Kier alpha value is -2.64. The lowest BCUT2D eigenvalue weighted by Crippen LogP contribution is -2.35. The van der Waals surface area contributed by atoms with Crippen LogP contribution in [-0.4, -0.2) is 43.5 Å². The van der Waals surface area contributed by atoms with Crippen LogP contribution in [0.4, 0.5) is 11.4 Å². The van der Waals surface area contributed by atoms with Crippen molar-refractivity contribution in [2.45, 2.75) is 26.3 Å². The molecule has 0 fully saturated rings. The van der Waals surface area contributed by atoms with Crippen molar-refractivity contribution in [1.82, 2.24) is 5.32 Å². The first-order chi connectivity index (χ1) is 10.8. The number of carbonyl (C=O) groups excluding carboxylic acids is 2. The first-order valence-corrected chi connectivity index (χ1v) is 7.18. The van der Waals surface area contributed by atoms with Crippen LogP contribution in [-0.2, 0) is 9.53 Å². The Kier molecular flexibility index (Phi) is 6.49. The van der Waals surface area contributed by atoms with Gasteiger partial charge in [0.15, 0.2) is 6.61 Å². The van der Waals surface area contributed by atoms with Gasteiger partial charge < -0.3 is 15.0 Å². The van der Waals surface area contributed by atoms with Crippen LogP contribution in [0.3, 0.4) is 0 Å². The summed E-state index contributed by atoms with van der Waals surface area (Å²) in [6.45, 7) is 3.33. The summed E-state index contributed by atoms with van der Waals surface area (Å²) in [5.74, 6) is -1.19. The molecule has 0 bridgehead atoms. The zero-order valence-corrected chi connectivity index (χ0v) is 13.7. The Bertz CT molecular complexity index is 601. The van der Waals surface area contributed by atoms with E-state index in [9.17, 15) is 19.7 Å². The minimum Gasteiger partial charge on any atom is -0.452 e. The molecule has 23 heavy (non-hydrogen) atoms. The fourth-order valence-electron chi connectivity index (χ4n) is 1.81. The molecule has 1 amide bonds. The molecule has 1 atom stereocenters. The molecule has 1 rings (SSSR count). The summed E-state index contributed by atoms with van der Waals surface area (Å²) in [5, 5.41) is 13.7. The van der Waals surface area contributed by atoms with E-state index in [1.165, 1.54) is 12.1 Å². The van der Waals surface area contributed by atoms with Gasteiger partial charge in [-0.1, -0.05) is 6.92 Å². The molecule has 8 heteroatoms. The van der Waals surface area contributed by atoms with Gasteiger partial charge in [-0.2, -0.15) is 0 Å². The third-order valence-corrected chi connectivity index (χ3v) is 3.24. The monoisotopic (exact) mass is 323 g/mol. The molecule has 126 valence electrons. The average molecular weight is 323 g/mol. The van der Waals surface area contributed by atoms with Crippen LogP contribution in [0, 0.1) is 10.1 Å². The summed E-state index contributed by atoms with van der Waals surface area (Å²) in [4.78, 5) is 35.6. The van der Waals surface area contributed by atoms with Crippen LogP contribution >= 0.6 is 0 Å². The van der Waals surface area contributed by atoms with Crippen LogP contribution < -0.4 is 10.2 Å². The van der Waals surface area contributed by atoms with E-state index in [1.807, 2.05) is 13.8 Å². The average Bonchev–Trinajstić information content (AvgIpc) is 2.51. The van der Waals surface area contributed by atoms with E-state index in [-0.39, 0.29) is 17.3 Å². The molecule has 0 radical (unpaired) electrons. The molecule has 1 aromatic carbocycles. The summed E-state index contributed by atoms with van der Waals surface area (Å²) in [6.07, 6.45) is 0.762. The van der Waals surface area contributed by atoms with Crippen molar-refractivity contribution in [2.24, 2.45) is 0 Å². The first kappa shape index (κ1) is 18.4. The molecular weight excluding hydrogens is 302 g/mol. The smallest absolute Gasteiger partial charge is 0.338 e. The molecule has 0 saturated heterocycles. The predicted octanol–water partition coefficient (Wildman–Crippen LogP) is 1.73. The number of hydrogen-bond acceptors (Lipinski definition) is 6. The number of benzene rings is 1. The second-order valence-corrected chi connectivity index (χ2v) is 5.31. The highest BCUT2D eigenvalue weighted by molar-refractivity contribution is 5.93. The van der Waals surface area contributed by atoms with Gasteiger partial charge in [-0.25, -0.2) is 4.79 Å². The quantitative estimate of drug-likeness (QED) is 0.466. The fraction of sp³-hybridized carbons (Fsp3) is 0.467. The van der Waals surface area contributed by atoms with Gasteiger partial charge in [0.2, 0.25) is 0 Å². The zero-order valence-electron chi connectivity index (χ0n) is 13.7. The van der Waals surface area contributed by atoms with E-state index in [0.717, 1.165) is 12.5 Å². The molecule has 0 heterocycles. The maximum atomic E-state index is 11.9. The Balaban J connectivity index is 2.79. The van der Waals surface area contributed by atoms with Gasteiger partial charge >= 0.3 is 5.97 Å². The Morgan fingerprint density at radius 3 is 2.57 bits per heavy atom. The third kappa shape index (κ3) is 5.24. The SMILES string of the molecule is CC[C@H](C)NC(=O)COC(=O)c1ccc(N(C)C)c([N+](=O)[O-])c1. The standard InChI is InChI=1S/C15H21N3O5/c1-5-10(2)16-14(19)9-23-15(20)11-6-7-12(17(3)4)13(8-11)18(21)22/h6-8,10H,5,9H2,1-4H3,(H,16,19)/t10-/m0/s1. The molecule has 0 saturated carbocycles. The highest BCUT2D eigenvalue weighted by atomic mass is 16.6. The number of nitrogens with one attached hydrogen (secondary N) is 1. The molecule has 0 aliphatic carbocycles. The predicted molar refractivity (Wildman–Crippen MR) is 85.6 cm³/mol. The summed E-state index contributed by atoms with van der Waals surface area (Å²) in [7, 11) is 3.33. The van der Waals surface area contributed by atoms with Crippen LogP contribution in [0.5, 0.6) is 0 Å². The molecule has 1 aromatic rings. The van der Waals surface area contributed by atoms with Gasteiger partial charge in [-0.3, -0.25) is 14.9 Å². The first-order valence-electron chi connectivity index (χ1n) is 7.18. The number of rotatable bonds is 7. The van der Waals surface area contributed by atoms with Gasteiger partial charge in [-0.05, 0) is 25.5 Å².